The van der Waals surface area contributed by atoms with Crippen LogP contribution in [0.3, 0.4) is 0 Å². The summed E-state index contributed by atoms with van der Waals surface area (Å²) in [6.45, 7) is 3.04. The van der Waals surface area contributed by atoms with Crippen molar-refractivity contribution in [2.45, 2.75) is 175 Å². The summed E-state index contributed by atoms with van der Waals surface area (Å²) in [5, 5.41) is 117. The number of carbonyl (C=O) groups excluding carboxylic acids is 1. The van der Waals surface area contributed by atoms with Gasteiger partial charge in [0, 0.05) is 11.5 Å². The van der Waals surface area contributed by atoms with E-state index in [-0.39, 0.29) is 40.7 Å². The molecule has 4 saturated carbocycles. The monoisotopic (exact) mass is 860 g/mol. The standard InChI is InChI=1S/C41H64O19/c1-39-8-5-19(12-18(39)3-4-22-21(39)6-9-40(2)20(7-10-41(22,40)53)17-11-26(43)54-14-17)57-38-35(52)32(49)29(46)25(60-38)16-56-37-34(51)31(48)28(45)24(59-37)15-55-36-33(50)30(47)27(44)23(13-42)58-36/h11,18-25,27-38,42,44-53H,3-10,12-16H2,1-2H3/t18-,19-,20-,21+,22-,23+,24+,25-,27-,28+,29-,30+,31-,32+,33-,34-,35-,36+,37+,38-,39+,40-,41-/m0/s1. The van der Waals surface area contributed by atoms with E-state index in [1.54, 1.807) is 6.08 Å². The highest BCUT2D eigenvalue weighted by atomic mass is 16.7. The third-order valence-corrected chi connectivity index (χ3v) is 16.3. The molecule has 19 heteroatoms. The van der Waals surface area contributed by atoms with Crippen molar-refractivity contribution in [1.82, 2.24) is 0 Å². The number of esters is 1. The van der Waals surface area contributed by atoms with Gasteiger partial charge in [0.25, 0.3) is 0 Å². The Balaban J connectivity index is 0.864. The Bertz CT molecular complexity index is 1570. The summed E-state index contributed by atoms with van der Waals surface area (Å²) in [5.41, 5.74) is -0.244. The lowest BCUT2D eigenvalue weighted by Crippen LogP contribution is -2.63. The molecule has 60 heavy (non-hydrogen) atoms. The van der Waals surface area contributed by atoms with Gasteiger partial charge in [-0.1, -0.05) is 13.8 Å². The Morgan fingerprint density at radius 1 is 0.650 bits per heavy atom. The Morgan fingerprint density at radius 2 is 1.22 bits per heavy atom. The molecule has 4 heterocycles. The first kappa shape index (κ1) is 45.1. The maximum atomic E-state index is 12.6. The number of rotatable bonds is 10. The quantitative estimate of drug-likeness (QED) is 0.0775. The number of aliphatic hydroxyl groups is 11. The van der Waals surface area contributed by atoms with E-state index in [2.05, 4.69) is 13.8 Å². The number of ether oxygens (including phenoxy) is 7. The minimum Gasteiger partial charge on any atom is -0.458 e. The first-order chi connectivity index (χ1) is 28.4. The lowest BCUT2D eigenvalue weighted by molar-refractivity contribution is -0.346. The molecule has 7 fully saturated rings. The van der Waals surface area contributed by atoms with Gasteiger partial charge in [-0.3, -0.25) is 0 Å². The second-order valence-corrected chi connectivity index (χ2v) is 19.2. The molecule has 8 aliphatic rings. The minimum atomic E-state index is -1.81. The molecule has 0 bridgehead atoms. The summed E-state index contributed by atoms with van der Waals surface area (Å²) in [5.74, 6) is 0.499. The highest BCUT2D eigenvalue weighted by Gasteiger charge is 2.68. The molecular formula is C41H64O19. The maximum absolute atomic E-state index is 12.6. The largest absolute Gasteiger partial charge is 0.458 e. The van der Waals surface area contributed by atoms with E-state index in [1.807, 2.05) is 0 Å². The molecule has 0 aromatic rings. The first-order valence-corrected chi connectivity index (χ1v) is 21.6. The Kier molecular flexibility index (Phi) is 12.9. The van der Waals surface area contributed by atoms with Crippen LogP contribution < -0.4 is 0 Å². The lowest BCUT2D eigenvalue weighted by Gasteiger charge is -2.64. The van der Waals surface area contributed by atoms with Crippen LogP contribution in [0.4, 0.5) is 0 Å². The minimum absolute atomic E-state index is 0.0571. The van der Waals surface area contributed by atoms with Crippen molar-refractivity contribution < 1.29 is 94.1 Å². The van der Waals surface area contributed by atoms with Gasteiger partial charge < -0.3 is 89.3 Å². The predicted molar refractivity (Wildman–Crippen MR) is 200 cm³/mol. The van der Waals surface area contributed by atoms with Crippen LogP contribution in [-0.4, -0.2) is 192 Å². The van der Waals surface area contributed by atoms with Gasteiger partial charge in [-0.25, -0.2) is 4.79 Å². The van der Waals surface area contributed by atoms with E-state index in [1.165, 1.54) is 0 Å². The molecule has 0 radical (unpaired) electrons. The molecular weight excluding hydrogens is 796 g/mol. The van der Waals surface area contributed by atoms with Crippen molar-refractivity contribution in [2.75, 3.05) is 26.4 Å². The van der Waals surface area contributed by atoms with Gasteiger partial charge >= 0.3 is 5.97 Å². The molecule has 11 N–H and O–H groups in total. The van der Waals surface area contributed by atoms with Crippen LogP contribution in [0.25, 0.3) is 0 Å². The fraction of sp³-hybridized carbons (Fsp3) is 0.927. The smallest absolute Gasteiger partial charge is 0.331 e. The summed E-state index contributed by atoms with van der Waals surface area (Å²) in [7, 11) is 0. The summed E-state index contributed by atoms with van der Waals surface area (Å²) in [4.78, 5) is 11.9. The second-order valence-electron chi connectivity index (χ2n) is 19.2. The van der Waals surface area contributed by atoms with Crippen molar-refractivity contribution in [2.24, 2.45) is 34.5 Å². The van der Waals surface area contributed by atoms with E-state index in [0.29, 0.717) is 31.8 Å². The van der Waals surface area contributed by atoms with Crippen LogP contribution in [0.1, 0.15) is 71.6 Å². The number of carbonyl (C=O) groups is 1. The second kappa shape index (κ2) is 17.2. The first-order valence-electron chi connectivity index (χ1n) is 21.6. The van der Waals surface area contributed by atoms with E-state index in [9.17, 15) is 61.0 Å². The average Bonchev–Trinajstić information content (AvgIpc) is 3.78. The molecule has 0 unspecified atom stereocenters. The zero-order valence-corrected chi connectivity index (χ0v) is 34.0. The summed E-state index contributed by atoms with van der Waals surface area (Å²) >= 11 is 0. The van der Waals surface area contributed by atoms with Crippen LogP contribution in [-0.2, 0) is 38.0 Å². The van der Waals surface area contributed by atoms with Crippen molar-refractivity contribution in [3.05, 3.63) is 11.6 Å². The number of aliphatic hydroxyl groups excluding tert-OH is 10. The van der Waals surface area contributed by atoms with Gasteiger partial charge in [0.05, 0.1) is 31.5 Å². The third-order valence-electron chi connectivity index (χ3n) is 16.3. The van der Waals surface area contributed by atoms with Gasteiger partial charge in [-0.05, 0) is 92.4 Å². The Morgan fingerprint density at radius 3 is 1.80 bits per heavy atom. The molecule has 3 saturated heterocycles. The molecule has 0 spiro atoms. The molecule has 4 aliphatic heterocycles. The lowest BCUT2D eigenvalue weighted by atomic mass is 9.43. The van der Waals surface area contributed by atoms with Crippen LogP contribution in [0.15, 0.2) is 11.6 Å². The highest BCUT2D eigenvalue weighted by Crippen LogP contribution is 2.70. The highest BCUT2D eigenvalue weighted by molar-refractivity contribution is 5.85. The van der Waals surface area contributed by atoms with Gasteiger partial charge in [-0.15, -0.1) is 0 Å². The zero-order valence-electron chi connectivity index (χ0n) is 34.0. The summed E-state index contributed by atoms with van der Waals surface area (Å²) in [6.07, 6.45) is -15.3. The predicted octanol–water partition coefficient (Wildman–Crippen LogP) is -2.92. The molecule has 342 valence electrons. The average molecular weight is 861 g/mol. The van der Waals surface area contributed by atoms with Crippen LogP contribution in [0.5, 0.6) is 0 Å². The van der Waals surface area contributed by atoms with E-state index in [0.717, 1.165) is 44.1 Å². The summed E-state index contributed by atoms with van der Waals surface area (Å²) in [6, 6.07) is 0. The Hall–Kier alpha value is -1.47. The molecule has 0 amide bonds. The maximum Gasteiger partial charge on any atom is 0.331 e. The van der Waals surface area contributed by atoms with Crippen LogP contribution in [0.2, 0.25) is 0 Å². The number of hydrogen-bond donors (Lipinski definition) is 11. The number of hydrogen-bond acceptors (Lipinski definition) is 19. The van der Waals surface area contributed by atoms with Gasteiger partial charge in [0.2, 0.25) is 0 Å². The molecule has 23 atom stereocenters. The molecule has 4 aliphatic carbocycles. The van der Waals surface area contributed by atoms with Crippen molar-refractivity contribution in [3.63, 3.8) is 0 Å². The number of fused-ring (bicyclic) bond motifs is 5. The fourth-order valence-electron chi connectivity index (χ4n) is 12.6. The van der Waals surface area contributed by atoms with Crippen molar-refractivity contribution in [1.29, 1.82) is 0 Å². The molecule has 8 rings (SSSR count). The number of cyclic esters (lactones) is 1. The third kappa shape index (κ3) is 7.59. The molecule has 19 nitrogen and oxygen atoms in total. The van der Waals surface area contributed by atoms with Crippen molar-refractivity contribution in [3.8, 4) is 0 Å². The van der Waals surface area contributed by atoms with E-state index < -0.39 is 118 Å². The normalized spacial score (nSPS) is 54.4. The van der Waals surface area contributed by atoms with Crippen molar-refractivity contribution >= 4 is 5.97 Å². The fourth-order valence-corrected chi connectivity index (χ4v) is 12.6. The van der Waals surface area contributed by atoms with Gasteiger partial charge in [0.1, 0.15) is 79.9 Å². The van der Waals surface area contributed by atoms with E-state index >= 15 is 0 Å². The zero-order chi connectivity index (χ0) is 43.1. The topological polar surface area (TPSA) is 304 Å². The van der Waals surface area contributed by atoms with E-state index in [4.69, 9.17) is 33.2 Å². The molecule has 0 aromatic heterocycles. The van der Waals surface area contributed by atoms with Crippen LogP contribution in [0, 0.1) is 34.5 Å². The van der Waals surface area contributed by atoms with Gasteiger partial charge in [0.15, 0.2) is 18.9 Å². The molecule has 0 aromatic carbocycles. The van der Waals surface area contributed by atoms with Gasteiger partial charge in [-0.2, -0.15) is 0 Å². The Labute approximate surface area is 347 Å². The van der Waals surface area contributed by atoms with Crippen LogP contribution >= 0.6 is 0 Å². The SMILES string of the molecule is C[C@@]12CC[C@H](O[C@H]3O[C@@H](CO[C@@H]4O[C@H](CO[C@@H]5O[C@H](CO)[C@H](O)[C@@H](O)[C@@H]5O)[C@@H](O)[C@H](O)[C@@H]4O)[C@H](O)[C@@H](O)[C@@H]3O)C[C@@H]1CC[C@H]1[C@H]2CC[C@@]2(C)[C@H](C3=CC(=O)OC3)CC[C@]12O. The summed E-state index contributed by atoms with van der Waals surface area (Å²) < 4.78 is 39.8.